The average molecular weight is 215 g/mol. The maximum atomic E-state index is 4.87. The van der Waals surface area contributed by atoms with Crippen LogP contribution in [0.1, 0.15) is 51.1 Å². The first-order valence-electron chi connectivity index (χ1n) is 6.36. The Hall–Kier alpha value is -1.11. The van der Waals surface area contributed by atoms with Crippen molar-refractivity contribution in [2.75, 3.05) is 0 Å². The van der Waals surface area contributed by atoms with Gasteiger partial charge in [-0.2, -0.15) is 0 Å². The molecule has 2 atom stereocenters. The Labute approximate surface area is 98.6 Å². The maximum Gasteiger partial charge on any atom is 0.0720 e. The van der Waals surface area contributed by atoms with Crippen molar-refractivity contribution in [2.24, 2.45) is 10.9 Å². The summed E-state index contributed by atoms with van der Waals surface area (Å²) in [6, 6.07) is 10.9. The Morgan fingerprint density at radius 2 is 2.00 bits per heavy atom. The molecule has 1 saturated carbocycles. The largest absolute Gasteiger partial charge is 0.286 e. The summed E-state index contributed by atoms with van der Waals surface area (Å²) in [5, 5.41) is 0. The molecule has 0 aliphatic heterocycles. The smallest absolute Gasteiger partial charge is 0.0720 e. The summed E-state index contributed by atoms with van der Waals surface area (Å²) in [5.74, 6) is 0.829. The normalized spacial score (nSPS) is 25.6. The molecule has 0 bridgehead atoms. The summed E-state index contributed by atoms with van der Waals surface area (Å²) in [6.07, 6.45) is 5.11. The molecule has 1 aliphatic carbocycles. The van der Waals surface area contributed by atoms with Crippen LogP contribution >= 0.6 is 0 Å². The van der Waals surface area contributed by atoms with Crippen LogP contribution in [0.5, 0.6) is 0 Å². The van der Waals surface area contributed by atoms with Gasteiger partial charge < -0.3 is 0 Å². The van der Waals surface area contributed by atoms with Gasteiger partial charge in [0.1, 0.15) is 0 Å². The Bertz CT molecular complexity index is 353. The standard InChI is InChI=1S/C15H21N/c1-12-7-6-10-15(11-12)16-13(2)14-8-4-3-5-9-14/h3-5,8-9,12-13H,6-7,10-11H2,1-2H3/t12-,13-/m1/s1. The Balaban J connectivity index is 2.05. The van der Waals surface area contributed by atoms with E-state index in [4.69, 9.17) is 4.99 Å². The molecule has 0 saturated heterocycles. The van der Waals surface area contributed by atoms with Gasteiger partial charge in [-0.25, -0.2) is 0 Å². The molecule has 0 N–H and O–H groups in total. The van der Waals surface area contributed by atoms with Gasteiger partial charge in [0.2, 0.25) is 0 Å². The quantitative estimate of drug-likeness (QED) is 0.693. The zero-order valence-corrected chi connectivity index (χ0v) is 10.3. The topological polar surface area (TPSA) is 12.4 Å². The minimum absolute atomic E-state index is 0.321. The monoisotopic (exact) mass is 215 g/mol. The fourth-order valence-electron chi connectivity index (χ4n) is 2.46. The van der Waals surface area contributed by atoms with Crippen molar-refractivity contribution >= 4 is 5.71 Å². The van der Waals surface area contributed by atoms with Gasteiger partial charge in [-0.05, 0) is 44.1 Å². The highest BCUT2D eigenvalue weighted by atomic mass is 14.8. The number of nitrogens with zero attached hydrogens (tertiary/aromatic N) is 1. The van der Waals surface area contributed by atoms with Crippen LogP contribution in [-0.2, 0) is 0 Å². The molecule has 0 unspecified atom stereocenters. The molecular formula is C15H21N. The van der Waals surface area contributed by atoms with Gasteiger partial charge in [-0.1, -0.05) is 37.3 Å². The zero-order chi connectivity index (χ0) is 11.4. The van der Waals surface area contributed by atoms with Crippen molar-refractivity contribution in [3.63, 3.8) is 0 Å². The van der Waals surface area contributed by atoms with E-state index >= 15 is 0 Å². The van der Waals surface area contributed by atoms with Crippen molar-refractivity contribution in [1.82, 2.24) is 0 Å². The van der Waals surface area contributed by atoms with Crippen LogP contribution in [0.2, 0.25) is 0 Å². The predicted octanol–water partition coefficient (Wildman–Crippen LogP) is 4.40. The minimum atomic E-state index is 0.321. The molecule has 1 aromatic rings. The van der Waals surface area contributed by atoms with Gasteiger partial charge in [0.05, 0.1) is 6.04 Å². The van der Waals surface area contributed by atoms with Crippen LogP contribution in [0.25, 0.3) is 0 Å². The molecule has 0 radical (unpaired) electrons. The van der Waals surface area contributed by atoms with Gasteiger partial charge in [0.15, 0.2) is 0 Å². The highest BCUT2D eigenvalue weighted by Gasteiger charge is 2.14. The van der Waals surface area contributed by atoms with E-state index in [0.29, 0.717) is 6.04 Å². The minimum Gasteiger partial charge on any atom is -0.286 e. The molecule has 86 valence electrons. The van der Waals surface area contributed by atoms with E-state index in [2.05, 4.69) is 44.2 Å². The van der Waals surface area contributed by atoms with Crippen molar-refractivity contribution in [3.05, 3.63) is 35.9 Å². The van der Waals surface area contributed by atoms with Crippen molar-refractivity contribution in [1.29, 1.82) is 0 Å². The molecule has 0 aromatic heterocycles. The lowest BCUT2D eigenvalue weighted by molar-refractivity contribution is 0.497. The van der Waals surface area contributed by atoms with Crippen LogP contribution in [0, 0.1) is 5.92 Å². The fraction of sp³-hybridized carbons (Fsp3) is 0.533. The summed E-state index contributed by atoms with van der Waals surface area (Å²) >= 11 is 0. The molecule has 0 amide bonds. The van der Waals surface area contributed by atoms with E-state index in [-0.39, 0.29) is 0 Å². The molecule has 0 spiro atoms. The van der Waals surface area contributed by atoms with Crippen LogP contribution in [0.15, 0.2) is 35.3 Å². The first-order valence-corrected chi connectivity index (χ1v) is 6.36. The van der Waals surface area contributed by atoms with Gasteiger partial charge in [-0.3, -0.25) is 4.99 Å². The second-order valence-corrected chi connectivity index (χ2v) is 4.98. The first-order chi connectivity index (χ1) is 7.75. The molecule has 1 nitrogen and oxygen atoms in total. The van der Waals surface area contributed by atoms with Gasteiger partial charge in [0, 0.05) is 5.71 Å². The highest BCUT2D eigenvalue weighted by molar-refractivity contribution is 5.85. The molecule has 16 heavy (non-hydrogen) atoms. The second-order valence-electron chi connectivity index (χ2n) is 4.98. The van der Waals surface area contributed by atoms with E-state index < -0.39 is 0 Å². The van der Waals surface area contributed by atoms with E-state index in [1.54, 1.807) is 0 Å². The summed E-state index contributed by atoms with van der Waals surface area (Å²) in [4.78, 5) is 4.87. The number of hydrogen-bond acceptors (Lipinski definition) is 1. The van der Waals surface area contributed by atoms with Gasteiger partial charge >= 0.3 is 0 Å². The van der Waals surface area contributed by atoms with Gasteiger partial charge in [-0.15, -0.1) is 0 Å². The summed E-state index contributed by atoms with van der Waals surface area (Å²) in [6.45, 7) is 4.53. The summed E-state index contributed by atoms with van der Waals surface area (Å²) in [7, 11) is 0. The van der Waals surface area contributed by atoms with Crippen LogP contribution in [0.3, 0.4) is 0 Å². The molecule has 1 fully saturated rings. The average Bonchev–Trinajstić information content (AvgIpc) is 2.30. The van der Waals surface area contributed by atoms with Crippen LogP contribution in [0.4, 0.5) is 0 Å². The predicted molar refractivity (Wildman–Crippen MR) is 69.9 cm³/mol. The second kappa shape index (κ2) is 5.29. The van der Waals surface area contributed by atoms with Crippen molar-refractivity contribution in [2.45, 2.75) is 45.6 Å². The number of rotatable bonds is 2. The number of aliphatic imine (C=N–C) groups is 1. The molecule has 1 heteroatoms. The molecule has 1 aromatic carbocycles. The van der Waals surface area contributed by atoms with E-state index in [0.717, 1.165) is 5.92 Å². The molecule has 0 heterocycles. The Kier molecular flexibility index (Phi) is 3.76. The van der Waals surface area contributed by atoms with Crippen molar-refractivity contribution in [3.8, 4) is 0 Å². The Morgan fingerprint density at radius 1 is 1.25 bits per heavy atom. The molecule has 1 aliphatic rings. The lowest BCUT2D eigenvalue weighted by Gasteiger charge is -2.20. The van der Waals surface area contributed by atoms with E-state index in [1.165, 1.54) is 37.0 Å². The van der Waals surface area contributed by atoms with Crippen molar-refractivity contribution < 1.29 is 0 Å². The lowest BCUT2D eigenvalue weighted by Crippen LogP contribution is -2.13. The lowest BCUT2D eigenvalue weighted by atomic mass is 9.89. The number of hydrogen-bond donors (Lipinski definition) is 0. The Morgan fingerprint density at radius 3 is 2.69 bits per heavy atom. The summed E-state index contributed by atoms with van der Waals surface area (Å²) in [5.41, 5.74) is 2.75. The molecular weight excluding hydrogens is 194 g/mol. The summed E-state index contributed by atoms with van der Waals surface area (Å²) < 4.78 is 0. The SMILES string of the molecule is C[C@@H]1CCCC(=N[C@H](C)c2ccccc2)C1. The van der Waals surface area contributed by atoms with Crippen LogP contribution < -0.4 is 0 Å². The maximum absolute atomic E-state index is 4.87. The van der Waals surface area contributed by atoms with E-state index in [9.17, 15) is 0 Å². The highest BCUT2D eigenvalue weighted by Crippen LogP contribution is 2.24. The first kappa shape index (κ1) is 11.4. The fourth-order valence-corrected chi connectivity index (χ4v) is 2.46. The number of benzene rings is 1. The molecule has 2 rings (SSSR count). The third kappa shape index (κ3) is 2.94. The van der Waals surface area contributed by atoms with E-state index in [1.807, 2.05) is 0 Å². The van der Waals surface area contributed by atoms with Crippen LogP contribution in [-0.4, -0.2) is 5.71 Å². The zero-order valence-electron chi connectivity index (χ0n) is 10.3. The third-order valence-corrected chi connectivity index (χ3v) is 3.40. The van der Waals surface area contributed by atoms with Gasteiger partial charge in [0.25, 0.3) is 0 Å². The third-order valence-electron chi connectivity index (χ3n) is 3.40.